The first-order valence-electron chi connectivity index (χ1n) is 10.5. The van der Waals surface area contributed by atoms with Crippen LogP contribution in [0.4, 0.5) is 0 Å². The van der Waals surface area contributed by atoms with Crippen molar-refractivity contribution in [1.82, 2.24) is 0 Å². The standard InChI is InChI=1S/C23H34O3S.Na/c1-2-3-4-5-6-7-8-9-10-11-12-13-20-14-15-21-16-17-23(27(24,25)26)19-22(21)18-20;/h14-19H,2-13H2,1H3,(H,24,25,26);/q;+1/p-1. The van der Waals surface area contributed by atoms with Gasteiger partial charge in [-0.2, -0.15) is 0 Å². The monoisotopic (exact) mass is 412 g/mol. The Hall–Kier alpha value is -0.390. The maximum atomic E-state index is 11.2. The minimum Gasteiger partial charge on any atom is -0.744 e. The van der Waals surface area contributed by atoms with E-state index in [0.29, 0.717) is 0 Å². The van der Waals surface area contributed by atoms with Crippen LogP contribution in [0.2, 0.25) is 0 Å². The van der Waals surface area contributed by atoms with Crippen molar-refractivity contribution in [2.75, 3.05) is 0 Å². The first kappa shape index (κ1) is 25.6. The van der Waals surface area contributed by atoms with Gasteiger partial charge in [0.25, 0.3) is 0 Å². The van der Waals surface area contributed by atoms with Gasteiger partial charge in [0.2, 0.25) is 0 Å². The summed E-state index contributed by atoms with van der Waals surface area (Å²) in [5.74, 6) is 0. The van der Waals surface area contributed by atoms with Crippen LogP contribution in [-0.2, 0) is 16.5 Å². The predicted molar refractivity (Wildman–Crippen MR) is 112 cm³/mol. The average molecular weight is 413 g/mol. The molecule has 0 aromatic heterocycles. The Bertz CT molecular complexity index is 803. The largest absolute Gasteiger partial charge is 1.00 e. The van der Waals surface area contributed by atoms with E-state index in [0.717, 1.165) is 23.6 Å². The predicted octanol–water partition coefficient (Wildman–Crippen LogP) is 3.60. The molecule has 28 heavy (non-hydrogen) atoms. The fourth-order valence-corrected chi connectivity index (χ4v) is 4.08. The minimum absolute atomic E-state index is 0. The number of hydrogen-bond acceptors (Lipinski definition) is 3. The maximum Gasteiger partial charge on any atom is 1.00 e. The molecule has 0 atom stereocenters. The summed E-state index contributed by atoms with van der Waals surface area (Å²) in [7, 11) is -4.40. The van der Waals surface area contributed by atoms with Crippen molar-refractivity contribution in [3.8, 4) is 0 Å². The molecule has 0 aliphatic rings. The van der Waals surface area contributed by atoms with Gasteiger partial charge in [-0.15, -0.1) is 0 Å². The van der Waals surface area contributed by atoms with Crippen molar-refractivity contribution in [3.05, 3.63) is 42.0 Å². The molecular weight excluding hydrogens is 379 g/mol. The van der Waals surface area contributed by atoms with E-state index in [1.54, 1.807) is 6.07 Å². The van der Waals surface area contributed by atoms with Crippen LogP contribution in [0.3, 0.4) is 0 Å². The first-order valence-corrected chi connectivity index (χ1v) is 11.9. The molecule has 0 fully saturated rings. The van der Waals surface area contributed by atoms with Crippen LogP contribution in [0.1, 0.15) is 83.1 Å². The molecule has 0 heterocycles. The van der Waals surface area contributed by atoms with Gasteiger partial charge >= 0.3 is 29.6 Å². The van der Waals surface area contributed by atoms with Gasteiger partial charge < -0.3 is 4.55 Å². The van der Waals surface area contributed by atoms with Crippen molar-refractivity contribution in [2.24, 2.45) is 0 Å². The van der Waals surface area contributed by atoms with Gasteiger partial charge in [-0.25, -0.2) is 8.42 Å². The van der Waals surface area contributed by atoms with E-state index in [1.807, 2.05) is 12.1 Å². The van der Waals surface area contributed by atoms with Gasteiger partial charge in [-0.3, -0.25) is 0 Å². The number of benzene rings is 2. The summed E-state index contributed by atoms with van der Waals surface area (Å²) in [4.78, 5) is -0.151. The van der Waals surface area contributed by atoms with E-state index < -0.39 is 10.1 Å². The molecule has 2 rings (SSSR count). The molecule has 2 aromatic carbocycles. The molecule has 0 aliphatic carbocycles. The fourth-order valence-electron chi connectivity index (χ4n) is 3.58. The summed E-state index contributed by atoms with van der Waals surface area (Å²) in [5, 5.41) is 1.79. The summed E-state index contributed by atoms with van der Waals surface area (Å²) in [6, 6.07) is 10.7. The van der Waals surface area contributed by atoms with Crippen molar-refractivity contribution in [1.29, 1.82) is 0 Å². The van der Waals surface area contributed by atoms with Crippen molar-refractivity contribution in [3.63, 3.8) is 0 Å². The molecule has 0 aliphatic heterocycles. The molecule has 0 radical (unpaired) electrons. The fraction of sp³-hybridized carbons (Fsp3) is 0.565. The second kappa shape index (κ2) is 13.8. The van der Waals surface area contributed by atoms with Gasteiger partial charge in [0.05, 0.1) is 4.90 Å². The van der Waals surface area contributed by atoms with Crippen molar-refractivity contribution >= 4 is 20.9 Å². The third-order valence-corrected chi connectivity index (χ3v) is 6.07. The third kappa shape index (κ3) is 9.41. The zero-order valence-corrected chi connectivity index (χ0v) is 20.4. The van der Waals surface area contributed by atoms with Gasteiger partial charge in [0.1, 0.15) is 10.1 Å². The smallest absolute Gasteiger partial charge is 0.744 e. The molecule has 0 N–H and O–H groups in total. The first-order chi connectivity index (χ1) is 13.0. The van der Waals surface area contributed by atoms with Gasteiger partial charge in [-0.1, -0.05) is 95.4 Å². The van der Waals surface area contributed by atoms with Crippen LogP contribution >= 0.6 is 0 Å². The van der Waals surface area contributed by atoms with E-state index >= 15 is 0 Å². The van der Waals surface area contributed by atoms with E-state index in [2.05, 4.69) is 13.0 Å². The van der Waals surface area contributed by atoms with Crippen LogP contribution < -0.4 is 29.6 Å². The Balaban J connectivity index is 0.00000392. The Morgan fingerprint density at radius 1 is 0.714 bits per heavy atom. The van der Waals surface area contributed by atoms with Crippen LogP contribution in [-0.4, -0.2) is 13.0 Å². The Kier molecular flexibility index (Phi) is 12.6. The second-order valence-corrected chi connectivity index (χ2v) is 8.96. The van der Waals surface area contributed by atoms with Crippen LogP contribution in [0, 0.1) is 0 Å². The summed E-state index contributed by atoms with van der Waals surface area (Å²) in [6.45, 7) is 2.26. The van der Waals surface area contributed by atoms with Gasteiger partial charge in [0.15, 0.2) is 0 Å². The van der Waals surface area contributed by atoms with Crippen molar-refractivity contribution < 1.29 is 42.5 Å². The number of rotatable bonds is 13. The maximum absolute atomic E-state index is 11.2. The Morgan fingerprint density at radius 3 is 1.82 bits per heavy atom. The van der Waals surface area contributed by atoms with E-state index in [9.17, 15) is 13.0 Å². The molecular formula is C23H33NaO3S. The van der Waals surface area contributed by atoms with E-state index in [4.69, 9.17) is 0 Å². The molecule has 2 aromatic rings. The molecule has 0 saturated heterocycles. The topological polar surface area (TPSA) is 57.2 Å². The summed E-state index contributed by atoms with van der Waals surface area (Å²) >= 11 is 0. The molecule has 0 unspecified atom stereocenters. The average Bonchev–Trinajstić information content (AvgIpc) is 2.64. The van der Waals surface area contributed by atoms with E-state index in [-0.39, 0.29) is 34.5 Å². The number of unbranched alkanes of at least 4 members (excludes halogenated alkanes) is 10. The molecule has 0 saturated carbocycles. The normalized spacial score (nSPS) is 11.5. The summed E-state index contributed by atoms with van der Waals surface area (Å²) in [6.07, 6.45) is 15.6. The minimum atomic E-state index is -4.40. The van der Waals surface area contributed by atoms with E-state index in [1.165, 1.54) is 81.9 Å². The Labute approximate surface area is 193 Å². The van der Waals surface area contributed by atoms with Crippen LogP contribution in [0.15, 0.2) is 41.3 Å². The van der Waals surface area contributed by atoms with Gasteiger partial charge in [-0.05, 0) is 41.3 Å². The molecule has 3 nitrogen and oxygen atoms in total. The van der Waals surface area contributed by atoms with Crippen LogP contribution in [0.25, 0.3) is 10.8 Å². The van der Waals surface area contributed by atoms with Gasteiger partial charge in [0, 0.05) is 0 Å². The summed E-state index contributed by atoms with van der Waals surface area (Å²) in [5.41, 5.74) is 1.21. The number of hydrogen-bond donors (Lipinski definition) is 0. The number of aryl methyl sites for hydroxylation is 1. The molecule has 0 spiro atoms. The molecule has 150 valence electrons. The number of fused-ring (bicyclic) bond motifs is 1. The third-order valence-electron chi connectivity index (χ3n) is 5.23. The Morgan fingerprint density at radius 2 is 1.25 bits per heavy atom. The quantitative estimate of drug-likeness (QED) is 0.287. The molecule has 5 heteroatoms. The zero-order chi connectivity index (χ0) is 19.5. The van der Waals surface area contributed by atoms with Crippen LogP contribution in [0.5, 0.6) is 0 Å². The second-order valence-electron chi connectivity index (χ2n) is 7.58. The SMILES string of the molecule is CCCCCCCCCCCCCc1ccc2ccc(S(=O)(=O)[O-])cc2c1.[Na+]. The summed E-state index contributed by atoms with van der Waals surface area (Å²) < 4.78 is 33.6. The zero-order valence-electron chi connectivity index (χ0n) is 17.6. The molecule has 0 bridgehead atoms. The van der Waals surface area contributed by atoms with Crippen molar-refractivity contribution in [2.45, 2.75) is 88.9 Å². The molecule has 0 amide bonds.